The molecule has 0 aliphatic carbocycles. The molecule has 0 saturated heterocycles. The third-order valence-electron chi connectivity index (χ3n) is 3.12. The molecule has 5 nitrogen and oxygen atoms in total. The minimum absolute atomic E-state index is 0.0489. The van der Waals surface area contributed by atoms with E-state index in [2.05, 4.69) is 11.8 Å². The number of benzene rings is 1. The Balaban J connectivity index is 2.75. The summed E-state index contributed by atoms with van der Waals surface area (Å²) < 4.78 is 24.3. The number of carboxylic acids is 1. The molecule has 0 unspecified atom stereocenters. The average Bonchev–Trinajstić information content (AvgIpc) is 2.43. The number of nitrogens with zero attached hydrogens (tertiary/aromatic N) is 1. The SMILES string of the molecule is CCCN(CC)CCS(=O)(=O)c1ccc(C(=O)O)cc1. The van der Waals surface area contributed by atoms with Gasteiger partial charge in [-0.25, -0.2) is 13.2 Å². The summed E-state index contributed by atoms with van der Waals surface area (Å²) in [7, 11) is -3.36. The minimum Gasteiger partial charge on any atom is -0.478 e. The second-order valence-corrected chi connectivity index (χ2v) is 6.69. The predicted octanol–water partition coefficient (Wildman–Crippen LogP) is 1.89. The van der Waals surface area contributed by atoms with E-state index in [1.54, 1.807) is 0 Å². The summed E-state index contributed by atoms with van der Waals surface area (Å²) in [6.45, 7) is 6.25. The monoisotopic (exact) mass is 299 g/mol. The van der Waals surface area contributed by atoms with E-state index in [1.807, 2.05) is 6.92 Å². The fourth-order valence-corrected chi connectivity index (χ4v) is 3.20. The van der Waals surface area contributed by atoms with E-state index in [4.69, 9.17) is 5.11 Å². The molecular weight excluding hydrogens is 278 g/mol. The molecule has 0 aliphatic rings. The van der Waals surface area contributed by atoms with Gasteiger partial charge in [-0.2, -0.15) is 0 Å². The molecule has 20 heavy (non-hydrogen) atoms. The Kier molecular flexibility index (Phi) is 6.16. The van der Waals surface area contributed by atoms with Crippen molar-refractivity contribution in [1.29, 1.82) is 0 Å². The molecular formula is C14H21NO4S. The summed E-state index contributed by atoms with van der Waals surface area (Å²) >= 11 is 0. The Morgan fingerprint density at radius 2 is 1.75 bits per heavy atom. The first-order chi connectivity index (χ1) is 9.40. The maximum absolute atomic E-state index is 12.2. The highest BCUT2D eigenvalue weighted by Gasteiger charge is 2.16. The molecule has 0 amide bonds. The average molecular weight is 299 g/mol. The largest absolute Gasteiger partial charge is 0.478 e. The van der Waals surface area contributed by atoms with Gasteiger partial charge >= 0.3 is 5.97 Å². The second kappa shape index (κ2) is 7.40. The molecule has 1 aromatic carbocycles. The molecule has 1 rings (SSSR count). The van der Waals surface area contributed by atoms with Crippen molar-refractivity contribution in [3.05, 3.63) is 29.8 Å². The lowest BCUT2D eigenvalue weighted by atomic mass is 10.2. The Bertz CT molecular complexity index is 537. The van der Waals surface area contributed by atoms with Crippen LogP contribution < -0.4 is 0 Å². The van der Waals surface area contributed by atoms with Crippen molar-refractivity contribution in [1.82, 2.24) is 4.90 Å². The predicted molar refractivity (Wildman–Crippen MR) is 77.9 cm³/mol. The van der Waals surface area contributed by atoms with Gasteiger partial charge in [0.15, 0.2) is 9.84 Å². The molecule has 0 atom stereocenters. The molecule has 1 N–H and O–H groups in total. The van der Waals surface area contributed by atoms with Gasteiger partial charge < -0.3 is 10.0 Å². The topological polar surface area (TPSA) is 74.7 Å². The van der Waals surface area contributed by atoms with Gasteiger partial charge in [0.05, 0.1) is 16.2 Å². The third-order valence-corrected chi connectivity index (χ3v) is 4.83. The minimum atomic E-state index is -3.36. The molecule has 0 bridgehead atoms. The summed E-state index contributed by atoms with van der Waals surface area (Å²) in [4.78, 5) is 13.0. The Morgan fingerprint density at radius 3 is 2.20 bits per heavy atom. The van der Waals surface area contributed by atoms with Crippen molar-refractivity contribution < 1.29 is 18.3 Å². The van der Waals surface area contributed by atoms with E-state index in [0.29, 0.717) is 6.54 Å². The van der Waals surface area contributed by atoms with Crippen LogP contribution in [0.1, 0.15) is 30.6 Å². The lowest BCUT2D eigenvalue weighted by Gasteiger charge is -2.19. The van der Waals surface area contributed by atoms with Gasteiger partial charge in [0.25, 0.3) is 0 Å². The van der Waals surface area contributed by atoms with Crippen LogP contribution in [0.2, 0.25) is 0 Å². The van der Waals surface area contributed by atoms with Gasteiger partial charge in [-0.15, -0.1) is 0 Å². The summed E-state index contributed by atoms with van der Waals surface area (Å²) in [5.41, 5.74) is 0.0881. The molecule has 0 aromatic heterocycles. The first-order valence-corrected chi connectivity index (χ1v) is 8.34. The fraction of sp³-hybridized carbons (Fsp3) is 0.500. The number of aromatic carboxylic acids is 1. The van der Waals surface area contributed by atoms with Gasteiger partial charge in [-0.05, 0) is 43.8 Å². The van der Waals surface area contributed by atoms with Crippen molar-refractivity contribution in [3.63, 3.8) is 0 Å². The van der Waals surface area contributed by atoms with E-state index >= 15 is 0 Å². The van der Waals surface area contributed by atoms with Gasteiger partial charge in [-0.3, -0.25) is 0 Å². The summed E-state index contributed by atoms with van der Waals surface area (Å²) in [6, 6.07) is 5.35. The van der Waals surface area contributed by atoms with E-state index in [9.17, 15) is 13.2 Å². The number of hydrogen-bond acceptors (Lipinski definition) is 4. The maximum atomic E-state index is 12.2. The highest BCUT2D eigenvalue weighted by atomic mass is 32.2. The van der Waals surface area contributed by atoms with Gasteiger partial charge in [-0.1, -0.05) is 13.8 Å². The van der Waals surface area contributed by atoms with E-state index in [0.717, 1.165) is 19.5 Å². The van der Waals surface area contributed by atoms with Crippen LogP contribution in [0.5, 0.6) is 0 Å². The van der Waals surface area contributed by atoms with Crippen molar-refractivity contribution in [2.24, 2.45) is 0 Å². The zero-order chi connectivity index (χ0) is 15.2. The molecule has 0 saturated carbocycles. The molecule has 1 aromatic rings. The third kappa shape index (κ3) is 4.61. The number of carboxylic acid groups (broad SMARTS) is 1. The van der Waals surface area contributed by atoms with Crippen LogP contribution in [0, 0.1) is 0 Å². The molecule has 0 radical (unpaired) electrons. The van der Waals surface area contributed by atoms with Crippen LogP contribution in [0.15, 0.2) is 29.2 Å². The van der Waals surface area contributed by atoms with Crippen LogP contribution in [0.4, 0.5) is 0 Å². The lowest BCUT2D eigenvalue weighted by molar-refractivity contribution is 0.0696. The molecule has 0 aliphatic heterocycles. The first-order valence-electron chi connectivity index (χ1n) is 6.69. The number of carbonyl (C=O) groups is 1. The van der Waals surface area contributed by atoms with Crippen LogP contribution in [0.25, 0.3) is 0 Å². The second-order valence-electron chi connectivity index (χ2n) is 4.58. The zero-order valence-electron chi connectivity index (χ0n) is 11.9. The molecule has 0 fully saturated rings. The van der Waals surface area contributed by atoms with E-state index < -0.39 is 15.8 Å². The van der Waals surface area contributed by atoms with E-state index in [-0.39, 0.29) is 16.2 Å². The van der Waals surface area contributed by atoms with Crippen molar-refractivity contribution in [2.45, 2.75) is 25.2 Å². The van der Waals surface area contributed by atoms with Gasteiger partial charge in [0.2, 0.25) is 0 Å². The fourth-order valence-electron chi connectivity index (χ4n) is 1.92. The van der Waals surface area contributed by atoms with Gasteiger partial charge in [0, 0.05) is 6.54 Å². The first kappa shape index (κ1) is 16.7. The summed E-state index contributed by atoms with van der Waals surface area (Å²) in [5, 5.41) is 8.79. The zero-order valence-corrected chi connectivity index (χ0v) is 12.7. The number of sulfone groups is 1. The van der Waals surface area contributed by atoms with Crippen LogP contribution in [-0.2, 0) is 9.84 Å². The van der Waals surface area contributed by atoms with Crippen LogP contribution in [-0.4, -0.2) is 49.8 Å². The number of hydrogen-bond donors (Lipinski definition) is 1. The lowest BCUT2D eigenvalue weighted by Crippen LogP contribution is -2.30. The Hall–Kier alpha value is -1.40. The van der Waals surface area contributed by atoms with Crippen molar-refractivity contribution >= 4 is 15.8 Å². The summed E-state index contributed by atoms with van der Waals surface area (Å²) in [6.07, 6.45) is 0.987. The summed E-state index contributed by atoms with van der Waals surface area (Å²) in [5.74, 6) is -1.01. The number of rotatable bonds is 8. The molecule has 0 heterocycles. The molecule has 0 spiro atoms. The maximum Gasteiger partial charge on any atom is 0.335 e. The quantitative estimate of drug-likeness (QED) is 0.793. The smallest absolute Gasteiger partial charge is 0.335 e. The van der Waals surface area contributed by atoms with Crippen molar-refractivity contribution in [3.8, 4) is 0 Å². The molecule has 6 heteroatoms. The normalized spacial score (nSPS) is 11.8. The highest BCUT2D eigenvalue weighted by Crippen LogP contribution is 2.13. The van der Waals surface area contributed by atoms with E-state index in [1.165, 1.54) is 24.3 Å². The van der Waals surface area contributed by atoms with Crippen LogP contribution in [0.3, 0.4) is 0 Å². The highest BCUT2D eigenvalue weighted by molar-refractivity contribution is 7.91. The van der Waals surface area contributed by atoms with Crippen LogP contribution >= 0.6 is 0 Å². The van der Waals surface area contributed by atoms with Crippen molar-refractivity contribution in [2.75, 3.05) is 25.4 Å². The molecule has 112 valence electrons. The standard InChI is InChI=1S/C14H21NO4S/c1-3-9-15(4-2)10-11-20(18,19)13-7-5-12(6-8-13)14(16)17/h5-8H,3-4,9-11H2,1-2H3,(H,16,17). The van der Waals surface area contributed by atoms with Gasteiger partial charge in [0.1, 0.15) is 0 Å². The Labute approximate surface area is 120 Å². The Morgan fingerprint density at radius 1 is 1.15 bits per heavy atom.